The van der Waals surface area contributed by atoms with E-state index >= 15 is 0 Å². The van der Waals surface area contributed by atoms with Crippen LogP contribution in [-0.4, -0.2) is 27.6 Å². The zero-order valence-corrected chi connectivity index (χ0v) is 12.9. The van der Waals surface area contributed by atoms with Crippen LogP contribution in [0.4, 0.5) is 0 Å². The van der Waals surface area contributed by atoms with E-state index in [0.29, 0.717) is 5.56 Å². The highest BCUT2D eigenvalue weighted by Crippen LogP contribution is 2.40. The van der Waals surface area contributed by atoms with Gasteiger partial charge in [-0.25, -0.2) is 13.1 Å². The van der Waals surface area contributed by atoms with Gasteiger partial charge in [0, 0.05) is 12.1 Å². The van der Waals surface area contributed by atoms with Crippen LogP contribution in [-0.2, 0) is 10.0 Å². The highest BCUT2D eigenvalue weighted by atomic mass is 32.2. The van der Waals surface area contributed by atoms with Crippen molar-refractivity contribution in [3.63, 3.8) is 0 Å². The number of nitrogens with zero attached hydrogens (tertiary/aromatic N) is 1. The van der Waals surface area contributed by atoms with E-state index in [0.717, 1.165) is 12.8 Å². The number of nitrogens with two attached hydrogens (primary N) is 1. The van der Waals surface area contributed by atoms with Gasteiger partial charge in [0.15, 0.2) is 0 Å². The lowest BCUT2D eigenvalue weighted by Gasteiger charge is -2.29. The second-order valence-corrected chi connectivity index (χ2v) is 7.13. The van der Waals surface area contributed by atoms with Gasteiger partial charge in [0.1, 0.15) is 10.6 Å². The van der Waals surface area contributed by atoms with Gasteiger partial charge in [0.2, 0.25) is 10.0 Å². The number of ether oxygens (including phenoxy) is 1. The summed E-state index contributed by atoms with van der Waals surface area (Å²) in [6.07, 6.45) is 1.95. The van der Waals surface area contributed by atoms with Crippen LogP contribution in [0.15, 0.2) is 23.1 Å². The van der Waals surface area contributed by atoms with E-state index in [4.69, 9.17) is 15.7 Å². The summed E-state index contributed by atoms with van der Waals surface area (Å²) in [5.74, 6) is 0.415. The zero-order valence-electron chi connectivity index (χ0n) is 12.1. The number of nitriles is 1. The molecule has 1 saturated carbocycles. The molecule has 0 heterocycles. The van der Waals surface area contributed by atoms with Crippen molar-refractivity contribution in [2.75, 3.05) is 13.7 Å². The fraction of sp³-hybridized carbons (Fsp3) is 0.500. The average molecular weight is 309 g/mol. The number of benzene rings is 1. The molecule has 0 aromatic heterocycles. The van der Waals surface area contributed by atoms with Gasteiger partial charge < -0.3 is 10.5 Å². The van der Waals surface area contributed by atoms with Crippen LogP contribution in [0.1, 0.15) is 25.3 Å². The summed E-state index contributed by atoms with van der Waals surface area (Å²) in [5.41, 5.74) is 5.44. The summed E-state index contributed by atoms with van der Waals surface area (Å²) in [6, 6.07) is 6.19. The molecular formula is C14H19N3O3S. The monoisotopic (exact) mass is 309 g/mol. The van der Waals surface area contributed by atoms with E-state index in [1.54, 1.807) is 0 Å². The largest absolute Gasteiger partial charge is 0.495 e. The summed E-state index contributed by atoms with van der Waals surface area (Å²) < 4.78 is 33.0. The summed E-state index contributed by atoms with van der Waals surface area (Å²) in [4.78, 5) is 0.0179. The van der Waals surface area contributed by atoms with E-state index in [1.165, 1.54) is 25.3 Å². The topological polar surface area (TPSA) is 105 Å². The molecule has 6 nitrogen and oxygen atoms in total. The molecule has 1 aliphatic rings. The summed E-state index contributed by atoms with van der Waals surface area (Å²) in [5, 5.41) is 8.87. The van der Waals surface area contributed by atoms with Crippen molar-refractivity contribution in [3.05, 3.63) is 23.8 Å². The van der Waals surface area contributed by atoms with Crippen molar-refractivity contribution in [2.24, 2.45) is 11.7 Å². The standard InChI is InChI=1S/C14H19N3O3S/c1-14(9-16,11-4-5-11)17-21(18,19)13-6-3-10(8-15)7-12(13)20-2/h3,6-7,11,17H,4-5,9,16H2,1-2H3. The Bertz CT molecular complexity index is 677. The summed E-state index contributed by atoms with van der Waals surface area (Å²) in [6.45, 7) is 2.05. The molecule has 1 aliphatic carbocycles. The Kier molecular flexibility index (Phi) is 4.23. The molecular weight excluding hydrogens is 290 g/mol. The number of hydrogen-bond acceptors (Lipinski definition) is 5. The van der Waals surface area contributed by atoms with Crippen molar-refractivity contribution < 1.29 is 13.2 Å². The first-order valence-electron chi connectivity index (χ1n) is 6.68. The summed E-state index contributed by atoms with van der Waals surface area (Å²) >= 11 is 0. The molecule has 3 N–H and O–H groups in total. The van der Waals surface area contributed by atoms with Crippen LogP contribution >= 0.6 is 0 Å². The molecule has 1 fully saturated rings. The van der Waals surface area contributed by atoms with Gasteiger partial charge in [-0.3, -0.25) is 0 Å². The molecule has 1 unspecified atom stereocenters. The third-order valence-corrected chi connectivity index (χ3v) is 5.50. The van der Waals surface area contributed by atoms with Crippen LogP contribution in [0.3, 0.4) is 0 Å². The Morgan fingerprint density at radius 1 is 1.52 bits per heavy atom. The minimum Gasteiger partial charge on any atom is -0.495 e. The Balaban J connectivity index is 2.38. The fourth-order valence-corrected chi connectivity index (χ4v) is 3.96. The van der Waals surface area contributed by atoms with E-state index in [-0.39, 0.29) is 23.1 Å². The van der Waals surface area contributed by atoms with E-state index in [1.807, 2.05) is 13.0 Å². The molecule has 2 rings (SSSR count). The molecule has 0 aliphatic heterocycles. The Hall–Kier alpha value is -1.62. The van der Waals surface area contributed by atoms with E-state index in [9.17, 15) is 8.42 Å². The van der Waals surface area contributed by atoms with Crippen LogP contribution in [0.2, 0.25) is 0 Å². The Morgan fingerprint density at radius 3 is 2.67 bits per heavy atom. The van der Waals surface area contributed by atoms with Gasteiger partial charge in [-0.1, -0.05) is 0 Å². The first kappa shape index (κ1) is 15.8. The smallest absolute Gasteiger partial charge is 0.244 e. The first-order chi connectivity index (χ1) is 9.86. The van der Waals surface area contributed by atoms with Crippen molar-refractivity contribution in [1.82, 2.24) is 4.72 Å². The van der Waals surface area contributed by atoms with E-state index < -0.39 is 15.6 Å². The Morgan fingerprint density at radius 2 is 2.19 bits per heavy atom. The normalized spacial score (nSPS) is 17.8. The molecule has 0 amide bonds. The third-order valence-electron chi connectivity index (χ3n) is 3.85. The van der Waals surface area contributed by atoms with Gasteiger partial charge in [0.25, 0.3) is 0 Å². The van der Waals surface area contributed by atoms with Crippen LogP contribution in [0, 0.1) is 17.2 Å². The average Bonchev–Trinajstić information content (AvgIpc) is 3.30. The predicted molar refractivity (Wildman–Crippen MR) is 78.2 cm³/mol. The zero-order chi connectivity index (χ0) is 15.7. The molecule has 1 aromatic carbocycles. The number of rotatable bonds is 6. The van der Waals surface area contributed by atoms with Gasteiger partial charge >= 0.3 is 0 Å². The first-order valence-corrected chi connectivity index (χ1v) is 8.17. The minimum atomic E-state index is -3.77. The molecule has 1 aromatic rings. The SMILES string of the molecule is COc1cc(C#N)ccc1S(=O)(=O)NC(C)(CN)C1CC1. The molecule has 0 saturated heterocycles. The molecule has 21 heavy (non-hydrogen) atoms. The Labute approximate surface area is 125 Å². The van der Waals surface area contributed by atoms with Gasteiger partial charge in [-0.05, 0) is 43.9 Å². The van der Waals surface area contributed by atoms with Crippen molar-refractivity contribution in [2.45, 2.75) is 30.2 Å². The maximum atomic E-state index is 12.6. The molecule has 0 radical (unpaired) electrons. The molecule has 0 bridgehead atoms. The lowest BCUT2D eigenvalue weighted by molar-refractivity contribution is 0.370. The van der Waals surface area contributed by atoms with Crippen molar-refractivity contribution >= 4 is 10.0 Å². The molecule has 1 atom stereocenters. The minimum absolute atomic E-state index is 0.0179. The number of methoxy groups -OCH3 is 1. The van der Waals surface area contributed by atoms with Crippen LogP contribution < -0.4 is 15.2 Å². The van der Waals surface area contributed by atoms with Gasteiger partial charge in [-0.15, -0.1) is 0 Å². The van der Waals surface area contributed by atoms with Crippen molar-refractivity contribution in [3.8, 4) is 11.8 Å². The highest BCUT2D eigenvalue weighted by Gasteiger charge is 2.43. The predicted octanol–water partition coefficient (Wildman–Crippen LogP) is 0.973. The van der Waals surface area contributed by atoms with Crippen LogP contribution in [0.25, 0.3) is 0 Å². The molecule has 0 spiro atoms. The van der Waals surface area contributed by atoms with Crippen LogP contribution in [0.5, 0.6) is 5.75 Å². The molecule has 114 valence electrons. The third kappa shape index (κ3) is 3.18. The quantitative estimate of drug-likeness (QED) is 0.814. The molecule has 7 heteroatoms. The second kappa shape index (κ2) is 5.64. The van der Waals surface area contributed by atoms with Gasteiger partial charge in [0.05, 0.1) is 18.7 Å². The lowest BCUT2D eigenvalue weighted by atomic mass is 9.98. The number of nitrogens with one attached hydrogen (secondary N) is 1. The van der Waals surface area contributed by atoms with E-state index in [2.05, 4.69) is 4.72 Å². The summed E-state index contributed by atoms with van der Waals surface area (Å²) in [7, 11) is -2.39. The lowest BCUT2D eigenvalue weighted by Crippen LogP contribution is -2.53. The second-order valence-electron chi connectivity index (χ2n) is 5.48. The van der Waals surface area contributed by atoms with Crippen molar-refractivity contribution in [1.29, 1.82) is 5.26 Å². The maximum Gasteiger partial charge on any atom is 0.244 e. The highest BCUT2D eigenvalue weighted by molar-refractivity contribution is 7.89. The fourth-order valence-electron chi connectivity index (χ4n) is 2.33. The maximum absolute atomic E-state index is 12.6. The number of hydrogen-bond donors (Lipinski definition) is 2. The van der Waals surface area contributed by atoms with Gasteiger partial charge in [-0.2, -0.15) is 5.26 Å². The number of sulfonamides is 1.